The van der Waals surface area contributed by atoms with E-state index in [9.17, 15) is 10.1 Å². The topological polar surface area (TPSA) is 147 Å². The molecule has 2 fully saturated rings. The zero-order chi connectivity index (χ0) is 25.2. The van der Waals surface area contributed by atoms with Gasteiger partial charge in [-0.3, -0.25) is 4.79 Å². The molecule has 0 spiro atoms. The van der Waals surface area contributed by atoms with Gasteiger partial charge in [-0.15, -0.1) is 0 Å². The second-order valence-corrected chi connectivity index (χ2v) is 9.01. The van der Waals surface area contributed by atoms with Crippen molar-refractivity contribution in [1.29, 1.82) is 5.26 Å². The van der Waals surface area contributed by atoms with Gasteiger partial charge in [-0.1, -0.05) is 0 Å². The number of rotatable bonds is 5. The van der Waals surface area contributed by atoms with E-state index in [1.54, 1.807) is 23.2 Å². The molecule has 3 aliphatic heterocycles. The van der Waals surface area contributed by atoms with E-state index in [4.69, 9.17) is 23.9 Å². The Hall–Kier alpha value is -4.08. The highest BCUT2D eigenvalue weighted by molar-refractivity contribution is 5.99. The molecule has 3 aromatic rings. The molecule has 12 nitrogen and oxygen atoms in total. The minimum absolute atomic E-state index is 0.118. The lowest BCUT2D eigenvalue weighted by molar-refractivity contribution is 0.0298. The number of nitrogens with zero attached hydrogens (tertiary/aromatic N) is 4. The Morgan fingerprint density at radius 1 is 1.03 bits per heavy atom. The number of ether oxygens (including phenoxy) is 4. The first-order chi connectivity index (χ1) is 18.2. The molecule has 0 bridgehead atoms. The van der Waals surface area contributed by atoms with Gasteiger partial charge in [-0.25, -0.2) is 0 Å². The predicted molar refractivity (Wildman–Crippen MR) is 134 cm³/mol. The van der Waals surface area contributed by atoms with E-state index in [0.717, 1.165) is 12.8 Å². The summed E-state index contributed by atoms with van der Waals surface area (Å²) in [6.07, 6.45) is 3.32. The van der Waals surface area contributed by atoms with Crippen LogP contribution in [0.3, 0.4) is 0 Å². The lowest BCUT2D eigenvalue weighted by atomic mass is 10.1. The fourth-order valence-corrected chi connectivity index (χ4v) is 4.78. The summed E-state index contributed by atoms with van der Waals surface area (Å²) in [5, 5.41) is 17.0. The quantitative estimate of drug-likeness (QED) is 0.472. The second-order valence-electron chi connectivity index (χ2n) is 9.01. The third-order valence-corrected chi connectivity index (χ3v) is 6.68. The summed E-state index contributed by atoms with van der Waals surface area (Å²) in [4.78, 5) is 27.3. The second kappa shape index (κ2) is 10.1. The smallest absolute Gasteiger partial charge is 0.257 e. The molecule has 192 valence electrons. The van der Waals surface area contributed by atoms with Gasteiger partial charge in [0.1, 0.15) is 30.7 Å². The van der Waals surface area contributed by atoms with E-state index in [-0.39, 0.29) is 11.9 Å². The fourth-order valence-electron chi connectivity index (χ4n) is 4.78. The minimum Gasteiger partial charge on any atom is -0.485 e. The first-order valence-corrected chi connectivity index (χ1v) is 12.4. The third kappa shape index (κ3) is 4.59. The third-order valence-electron chi connectivity index (χ3n) is 6.68. The molecule has 0 unspecified atom stereocenters. The van der Waals surface area contributed by atoms with Crippen LogP contribution in [0.4, 0.5) is 17.5 Å². The number of carbonyl (C=O) groups excluding carboxylic acids is 1. The van der Waals surface area contributed by atoms with Gasteiger partial charge in [-0.05, 0) is 25.0 Å². The maximum Gasteiger partial charge on any atom is 0.257 e. The summed E-state index contributed by atoms with van der Waals surface area (Å²) >= 11 is 0. The highest BCUT2D eigenvalue weighted by atomic mass is 16.6. The molecular formula is C25H27N7O5. The van der Waals surface area contributed by atoms with Crippen LogP contribution in [0.25, 0.3) is 11.0 Å². The number of morpholine rings is 1. The van der Waals surface area contributed by atoms with Crippen LogP contribution in [0.2, 0.25) is 0 Å². The zero-order valence-corrected chi connectivity index (χ0v) is 20.2. The Bertz CT molecular complexity index is 1360. The molecule has 37 heavy (non-hydrogen) atoms. The van der Waals surface area contributed by atoms with Crippen molar-refractivity contribution in [3.8, 4) is 17.6 Å². The Morgan fingerprint density at radius 2 is 1.78 bits per heavy atom. The van der Waals surface area contributed by atoms with Gasteiger partial charge < -0.3 is 39.5 Å². The van der Waals surface area contributed by atoms with E-state index in [1.165, 1.54) is 0 Å². The summed E-state index contributed by atoms with van der Waals surface area (Å²) < 4.78 is 22.7. The molecule has 12 heteroatoms. The summed E-state index contributed by atoms with van der Waals surface area (Å²) in [6.45, 7) is 4.15. The number of H-pyrrole nitrogens is 1. The van der Waals surface area contributed by atoms with Crippen molar-refractivity contribution in [1.82, 2.24) is 19.9 Å². The van der Waals surface area contributed by atoms with Gasteiger partial charge in [0.05, 0.1) is 35.4 Å². The minimum atomic E-state index is -0.118. The molecule has 2 saturated heterocycles. The van der Waals surface area contributed by atoms with Crippen molar-refractivity contribution >= 4 is 34.4 Å². The number of benzene rings is 1. The van der Waals surface area contributed by atoms with Crippen LogP contribution in [0.15, 0.2) is 18.3 Å². The maximum atomic E-state index is 13.2. The Balaban J connectivity index is 1.34. The number of amides is 1. The molecule has 0 atom stereocenters. The lowest BCUT2D eigenvalue weighted by Gasteiger charge is -2.29. The number of fused-ring (bicyclic) bond motifs is 2. The van der Waals surface area contributed by atoms with Gasteiger partial charge in [0.15, 0.2) is 11.5 Å². The van der Waals surface area contributed by atoms with E-state index < -0.39 is 0 Å². The van der Waals surface area contributed by atoms with Gasteiger partial charge in [-0.2, -0.15) is 15.2 Å². The zero-order valence-electron chi connectivity index (χ0n) is 20.2. The molecule has 1 amide bonds. The van der Waals surface area contributed by atoms with Crippen LogP contribution in [0.1, 0.15) is 28.8 Å². The predicted octanol–water partition coefficient (Wildman–Crippen LogP) is 2.41. The van der Waals surface area contributed by atoms with Crippen molar-refractivity contribution in [3.05, 3.63) is 29.5 Å². The molecule has 2 aromatic heterocycles. The molecule has 3 aliphatic rings. The summed E-state index contributed by atoms with van der Waals surface area (Å²) in [7, 11) is 0. The van der Waals surface area contributed by atoms with E-state index in [2.05, 4.69) is 26.7 Å². The highest BCUT2D eigenvalue weighted by Gasteiger charge is 2.28. The largest absolute Gasteiger partial charge is 0.485 e. The van der Waals surface area contributed by atoms with Crippen molar-refractivity contribution in [3.63, 3.8) is 0 Å². The number of carbonyl (C=O) groups is 1. The van der Waals surface area contributed by atoms with Crippen molar-refractivity contribution in [2.24, 2.45) is 0 Å². The first-order valence-electron chi connectivity index (χ1n) is 12.4. The van der Waals surface area contributed by atoms with E-state index in [0.29, 0.717) is 104 Å². The van der Waals surface area contributed by atoms with E-state index in [1.807, 2.05) is 0 Å². The maximum absolute atomic E-state index is 13.2. The highest BCUT2D eigenvalue weighted by Crippen LogP contribution is 2.42. The van der Waals surface area contributed by atoms with Crippen molar-refractivity contribution in [2.75, 3.05) is 63.4 Å². The van der Waals surface area contributed by atoms with Gasteiger partial charge in [0, 0.05) is 38.5 Å². The van der Waals surface area contributed by atoms with Crippen LogP contribution >= 0.6 is 0 Å². The number of nitrogens with one attached hydrogen (secondary N) is 3. The van der Waals surface area contributed by atoms with Crippen LogP contribution in [0.5, 0.6) is 11.5 Å². The van der Waals surface area contributed by atoms with Gasteiger partial charge in [0.2, 0.25) is 5.95 Å². The molecule has 0 aliphatic carbocycles. The normalized spacial score (nSPS) is 17.9. The number of hydrogen-bond donors (Lipinski definition) is 3. The molecule has 1 aromatic carbocycles. The Kier molecular flexibility index (Phi) is 6.38. The Labute approximate surface area is 212 Å². The molecule has 0 saturated carbocycles. The van der Waals surface area contributed by atoms with Crippen LogP contribution in [-0.4, -0.2) is 84.5 Å². The summed E-state index contributed by atoms with van der Waals surface area (Å²) in [6, 6.07) is 5.89. The van der Waals surface area contributed by atoms with Crippen LogP contribution < -0.4 is 20.1 Å². The number of nitriles is 1. The lowest BCUT2D eigenvalue weighted by Crippen LogP contribution is -2.41. The summed E-state index contributed by atoms with van der Waals surface area (Å²) in [5.41, 5.74) is 2.03. The number of hydrogen-bond acceptors (Lipinski definition) is 10. The van der Waals surface area contributed by atoms with Crippen molar-refractivity contribution in [2.45, 2.75) is 18.9 Å². The number of aromatic nitrogens is 3. The molecule has 6 rings (SSSR count). The number of aromatic amines is 1. The molecule has 0 radical (unpaired) electrons. The summed E-state index contributed by atoms with van der Waals surface area (Å²) in [5.74, 6) is 1.62. The van der Waals surface area contributed by atoms with Crippen LogP contribution in [0, 0.1) is 11.3 Å². The Morgan fingerprint density at radius 3 is 2.57 bits per heavy atom. The molecule has 3 N–H and O–H groups in total. The van der Waals surface area contributed by atoms with E-state index >= 15 is 0 Å². The van der Waals surface area contributed by atoms with Crippen LogP contribution in [-0.2, 0) is 9.47 Å². The standard InChI is InChI=1S/C25H27N7O5/c26-13-15-14-27-22-19(15)23(28-16-3-7-34-8-4-16)31-25(30-22)29-18-2-1-17(20-21(18)37-12-11-36-20)24(33)32-5-9-35-10-6-32/h1-2,14,16H,3-12H2,(H3,27,28,29,30,31). The number of anilines is 3. The van der Waals surface area contributed by atoms with Gasteiger partial charge >= 0.3 is 0 Å². The fraction of sp³-hybridized carbons (Fsp3) is 0.440. The van der Waals surface area contributed by atoms with Crippen molar-refractivity contribution < 1.29 is 23.7 Å². The molecule has 5 heterocycles. The monoisotopic (exact) mass is 505 g/mol. The molecular weight excluding hydrogens is 478 g/mol. The van der Waals surface area contributed by atoms with Gasteiger partial charge in [0.25, 0.3) is 5.91 Å². The SMILES string of the molecule is N#Cc1c[nH]c2nc(Nc3ccc(C(=O)N4CCOCC4)c4c3OCCO4)nc(NC3CCOCC3)c12. The average molecular weight is 506 g/mol. The average Bonchev–Trinajstić information content (AvgIpc) is 3.37. The first kappa shape index (κ1) is 23.3.